The summed E-state index contributed by atoms with van der Waals surface area (Å²) >= 11 is 0. The van der Waals surface area contributed by atoms with Crippen LogP contribution in [0.5, 0.6) is 0 Å². The fraction of sp³-hybridized carbons (Fsp3) is 0.700. The maximum absolute atomic E-state index is 11.6. The lowest BCUT2D eigenvalue weighted by molar-refractivity contribution is -0.166. The Morgan fingerprint density at radius 3 is 1.62 bits per heavy atom. The third-order valence-electron chi connectivity index (χ3n) is 1.73. The zero-order valence-electron chi connectivity index (χ0n) is 9.98. The summed E-state index contributed by atoms with van der Waals surface area (Å²) in [5.41, 5.74) is 0. The molecule has 0 aliphatic heterocycles. The van der Waals surface area contributed by atoms with Gasteiger partial charge in [-0.25, -0.2) is 0 Å². The van der Waals surface area contributed by atoms with Crippen molar-refractivity contribution < 1.29 is 23.9 Å². The summed E-state index contributed by atoms with van der Waals surface area (Å²) in [6.07, 6.45) is 0. The van der Waals surface area contributed by atoms with Crippen molar-refractivity contribution in [2.45, 2.75) is 13.8 Å². The Kier molecular flexibility index (Phi) is 6.14. The topological polar surface area (TPSA) is 72.9 Å². The molecule has 0 saturated carbocycles. The second kappa shape index (κ2) is 6.81. The molecule has 0 aromatic carbocycles. The van der Waals surface area contributed by atoms with Gasteiger partial charge in [0.05, 0.1) is 13.2 Å². The first-order chi connectivity index (χ1) is 7.45. The molecule has 0 fully saturated rings. The molecule has 16 heavy (non-hydrogen) atoms. The van der Waals surface area contributed by atoms with Crippen molar-refractivity contribution >= 4 is 17.8 Å². The first kappa shape index (κ1) is 14.4. The fourth-order valence-corrected chi connectivity index (χ4v) is 1.01. The van der Waals surface area contributed by atoms with Gasteiger partial charge in [-0.15, -0.1) is 0 Å². The fourth-order valence-electron chi connectivity index (χ4n) is 1.01. The van der Waals surface area contributed by atoms with Gasteiger partial charge in [0.25, 0.3) is 0 Å². The van der Waals surface area contributed by atoms with Crippen molar-refractivity contribution in [2.24, 2.45) is 5.92 Å². The van der Waals surface area contributed by atoms with Crippen LogP contribution >= 0.6 is 0 Å². The predicted molar refractivity (Wildman–Crippen MR) is 55.5 cm³/mol. The number of esters is 2. The van der Waals surface area contributed by atoms with E-state index in [9.17, 15) is 14.4 Å². The Labute approximate surface area is 94.5 Å². The summed E-state index contributed by atoms with van der Waals surface area (Å²) in [5, 5.41) is 0. The van der Waals surface area contributed by atoms with Crippen LogP contribution in [-0.2, 0) is 23.9 Å². The molecule has 0 radical (unpaired) electrons. The summed E-state index contributed by atoms with van der Waals surface area (Å²) in [5.74, 6) is -3.91. The summed E-state index contributed by atoms with van der Waals surface area (Å²) in [7, 11) is 2.90. The lowest BCUT2D eigenvalue weighted by atomic mass is 10.1. The number of carbonyl (C=O) groups is 3. The maximum atomic E-state index is 11.6. The van der Waals surface area contributed by atoms with Gasteiger partial charge < -0.3 is 14.4 Å². The standard InChI is InChI=1S/C10H17NO5/c1-5-15-9(13)7(8(12)11(3)4)10(14)16-6-2/h7H,5-6H2,1-4H3. The van der Waals surface area contributed by atoms with Crippen molar-refractivity contribution in [3.05, 3.63) is 0 Å². The average Bonchev–Trinajstić information content (AvgIpc) is 2.18. The monoisotopic (exact) mass is 231 g/mol. The van der Waals surface area contributed by atoms with E-state index in [1.165, 1.54) is 14.1 Å². The zero-order chi connectivity index (χ0) is 12.7. The number of hydrogen-bond acceptors (Lipinski definition) is 5. The summed E-state index contributed by atoms with van der Waals surface area (Å²) < 4.78 is 9.31. The van der Waals surface area contributed by atoms with Gasteiger partial charge in [-0.05, 0) is 13.8 Å². The summed E-state index contributed by atoms with van der Waals surface area (Å²) in [6.45, 7) is 3.41. The van der Waals surface area contributed by atoms with Gasteiger partial charge in [0, 0.05) is 14.1 Å². The van der Waals surface area contributed by atoms with E-state index < -0.39 is 23.8 Å². The van der Waals surface area contributed by atoms with Gasteiger partial charge >= 0.3 is 11.9 Å². The Bertz CT molecular complexity index is 256. The minimum atomic E-state index is -1.52. The molecule has 0 saturated heterocycles. The Hall–Kier alpha value is -1.59. The minimum absolute atomic E-state index is 0.107. The Balaban J connectivity index is 4.82. The van der Waals surface area contributed by atoms with Crippen LogP contribution in [0.4, 0.5) is 0 Å². The van der Waals surface area contributed by atoms with E-state index in [-0.39, 0.29) is 13.2 Å². The Morgan fingerprint density at radius 2 is 1.38 bits per heavy atom. The Morgan fingerprint density at radius 1 is 1.00 bits per heavy atom. The van der Waals surface area contributed by atoms with Gasteiger partial charge in [-0.3, -0.25) is 14.4 Å². The van der Waals surface area contributed by atoms with Crippen LogP contribution in [-0.4, -0.2) is 50.1 Å². The van der Waals surface area contributed by atoms with Crippen molar-refractivity contribution in [1.29, 1.82) is 0 Å². The minimum Gasteiger partial charge on any atom is -0.465 e. The highest BCUT2D eigenvalue weighted by molar-refractivity contribution is 6.14. The van der Waals surface area contributed by atoms with E-state index in [0.717, 1.165) is 4.90 Å². The second-order valence-electron chi connectivity index (χ2n) is 3.17. The molecule has 6 nitrogen and oxygen atoms in total. The second-order valence-corrected chi connectivity index (χ2v) is 3.17. The largest absolute Gasteiger partial charge is 0.465 e. The van der Waals surface area contributed by atoms with Crippen molar-refractivity contribution in [3.8, 4) is 0 Å². The maximum Gasteiger partial charge on any atom is 0.330 e. The molecule has 0 bridgehead atoms. The van der Waals surface area contributed by atoms with Crippen LogP contribution in [0, 0.1) is 5.92 Å². The highest BCUT2D eigenvalue weighted by Crippen LogP contribution is 2.07. The SMILES string of the molecule is CCOC(=O)C(C(=O)OCC)C(=O)N(C)C. The molecule has 0 aromatic heterocycles. The number of nitrogens with zero attached hydrogens (tertiary/aromatic N) is 1. The summed E-state index contributed by atoms with van der Waals surface area (Å²) in [4.78, 5) is 35.6. The van der Waals surface area contributed by atoms with Gasteiger partial charge in [0.2, 0.25) is 11.8 Å². The van der Waals surface area contributed by atoms with Crippen LogP contribution in [0.15, 0.2) is 0 Å². The van der Waals surface area contributed by atoms with E-state index in [1.807, 2.05) is 0 Å². The molecule has 0 aliphatic carbocycles. The molecular weight excluding hydrogens is 214 g/mol. The quantitative estimate of drug-likeness (QED) is 0.484. The molecule has 0 aliphatic rings. The van der Waals surface area contributed by atoms with Crippen LogP contribution in [0.25, 0.3) is 0 Å². The van der Waals surface area contributed by atoms with Crippen molar-refractivity contribution in [2.75, 3.05) is 27.3 Å². The number of rotatable bonds is 5. The molecule has 0 N–H and O–H groups in total. The van der Waals surface area contributed by atoms with Gasteiger partial charge in [0.15, 0.2) is 0 Å². The molecule has 92 valence electrons. The molecular formula is C10H17NO5. The first-order valence-electron chi connectivity index (χ1n) is 5.00. The molecule has 0 spiro atoms. The number of hydrogen-bond donors (Lipinski definition) is 0. The van der Waals surface area contributed by atoms with Crippen LogP contribution in [0.1, 0.15) is 13.8 Å². The van der Waals surface area contributed by atoms with E-state index >= 15 is 0 Å². The summed E-state index contributed by atoms with van der Waals surface area (Å²) in [6, 6.07) is 0. The number of ether oxygens (including phenoxy) is 2. The van der Waals surface area contributed by atoms with Crippen LogP contribution in [0.3, 0.4) is 0 Å². The molecule has 1 amide bonds. The van der Waals surface area contributed by atoms with Crippen LogP contribution < -0.4 is 0 Å². The smallest absolute Gasteiger partial charge is 0.330 e. The molecule has 0 heterocycles. The third kappa shape index (κ3) is 3.88. The van der Waals surface area contributed by atoms with Gasteiger partial charge in [-0.1, -0.05) is 0 Å². The first-order valence-corrected chi connectivity index (χ1v) is 5.00. The normalized spacial score (nSPS) is 9.81. The molecule has 6 heteroatoms. The van der Waals surface area contributed by atoms with Crippen LogP contribution in [0.2, 0.25) is 0 Å². The van der Waals surface area contributed by atoms with Gasteiger partial charge in [0.1, 0.15) is 0 Å². The van der Waals surface area contributed by atoms with E-state index in [0.29, 0.717) is 0 Å². The lowest BCUT2D eigenvalue weighted by Gasteiger charge is -2.17. The molecule has 0 unspecified atom stereocenters. The number of amides is 1. The van der Waals surface area contributed by atoms with Crippen molar-refractivity contribution in [3.63, 3.8) is 0 Å². The predicted octanol–water partition coefficient (Wildman–Crippen LogP) is -0.183. The average molecular weight is 231 g/mol. The van der Waals surface area contributed by atoms with E-state index in [1.54, 1.807) is 13.8 Å². The molecule has 0 aromatic rings. The lowest BCUT2D eigenvalue weighted by Crippen LogP contribution is -2.41. The highest BCUT2D eigenvalue weighted by atomic mass is 16.6. The van der Waals surface area contributed by atoms with E-state index in [4.69, 9.17) is 0 Å². The zero-order valence-corrected chi connectivity index (χ0v) is 9.98. The molecule has 0 rings (SSSR count). The van der Waals surface area contributed by atoms with E-state index in [2.05, 4.69) is 9.47 Å². The third-order valence-corrected chi connectivity index (χ3v) is 1.73. The molecule has 0 atom stereocenters. The number of carbonyl (C=O) groups excluding carboxylic acids is 3. The highest BCUT2D eigenvalue weighted by Gasteiger charge is 2.37. The van der Waals surface area contributed by atoms with Gasteiger partial charge in [-0.2, -0.15) is 0 Å². The van der Waals surface area contributed by atoms with Crippen molar-refractivity contribution in [1.82, 2.24) is 4.90 Å².